The third-order valence-electron chi connectivity index (χ3n) is 4.27. The third-order valence-corrected chi connectivity index (χ3v) is 12.6. The van der Waals surface area contributed by atoms with Crippen LogP contribution in [0.3, 0.4) is 0 Å². The summed E-state index contributed by atoms with van der Waals surface area (Å²) < 4.78 is 60.0. The minimum Gasteiger partial charge on any atom is -0.356 e. The van der Waals surface area contributed by atoms with Crippen LogP contribution in [0, 0.1) is 11.3 Å². The van der Waals surface area contributed by atoms with Crippen LogP contribution in [-0.2, 0) is 10.0 Å². The lowest BCUT2D eigenvalue weighted by molar-refractivity contribution is 0.229. The molecule has 0 radical (unpaired) electrons. The molecule has 1 aliphatic carbocycles. The zero-order valence-corrected chi connectivity index (χ0v) is 16.5. The summed E-state index contributed by atoms with van der Waals surface area (Å²) in [6.07, 6.45) is -0.907. The molecule has 0 saturated heterocycles. The van der Waals surface area contributed by atoms with E-state index in [0.29, 0.717) is 23.8 Å². The number of amidine groups is 1. The van der Waals surface area contributed by atoms with Crippen LogP contribution in [0.25, 0.3) is 11.0 Å². The average Bonchev–Trinajstić information content (AvgIpc) is 3.18. The average molecular weight is 478 g/mol. The first-order valence-corrected chi connectivity index (χ1v) is 12.4. The summed E-state index contributed by atoms with van der Waals surface area (Å²) in [5, 5.41) is 16.3. The van der Waals surface area contributed by atoms with Crippen LogP contribution in [0.15, 0.2) is 43.3 Å². The van der Waals surface area contributed by atoms with Gasteiger partial charge in [-0.05, 0) is 45.9 Å². The fourth-order valence-electron chi connectivity index (χ4n) is 2.70. The van der Waals surface area contributed by atoms with Crippen LogP contribution in [0.5, 0.6) is 0 Å². The number of nitriles is 1. The molecule has 2 heterocycles. The van der Waals surface area contributed by atoms with E-state index in [1.165, 1.54) is 24.4 Å². The highest BCUT2D eigenvalue weighted by atomic mass is 79.9. The molecule has 8 nitrogen and oxygen atoms in total. The molecular weight excluding hydrogens is 468 g/mol. The van der Waals surface area contributed by atoms with E-state index in [2.05, 4.69) is 34.9 Å². The molecule has 1 fully saturated rings. The Kier molecular flexibility index (Phi) is 4.06. The Balaban J connectivity index is 1.81. The van der Waals surface area contributed by atoms with Crippen molar-refractivity contribution in [3.8, 4) is 6.07 Å². The van der Waals surface area contributed by atoms with Crippen LogP contribution in [-0.4, -0.2) is 35.0 Å². The van der Waals surface area contributed by atoms with Gasteiger partial charge in [0, 0.05) is 5.39 Å². The Labute approximate surface area is 160 Å². The molecule has 0 spiro atoms. The van der Waals surface area contributed by atoms with Gasteiger partial charge in [-0.3, -0.25) is 5.43 Å². The zero-order valence-electron chi connectivity index (χ0n) is 13.3. The second kappa shape index (κ2) is 5.98. The van der Waals surface area contributed by atoms with Gasteiger partial charge in [0.1, 0.15) is 4.75 Å². The molecule has 1 saturated carbocycles. The molecule has 0 amide bonds. The smallest absolute Gasteiger partial charge is 0.287 e. The number of aromatic nitrogens is 1. The van der Waals surface area contributed by atoms with Crippen molar-refractivity contribution in [2.45, 2.75) is 28.9 Å². The molecule has 13 heteroatoms. The largest absolute Gasteiger partial charge is 0.356 e. The molecule has 2 aliphatic rings. The SMILES string of the molecule is N#CC1(S2(Br)C(C(F)F)=NN/C2=N\S(=O)(=O)c2ccc3oncc3c2)CC1. The first-order chi connectivity index (χ1) is 12.7. The predicted molar refractivity (Wildman–Crippen MR) is 99.3 cm³/mol. The molecule has 1 N–H and O–H groups in total. The summed E-state index contributed by atoms with van der Waals surface area (Å²) in [5.41, 5.74) is 2.70. The number of hydrogen-bond donors (Lipinski definition) is 1. The summed E-state index contributed by atoms with van der Waals surface area (Å²) in [6.45, 7) is 0. The fraction of sp³-hybridized carbons (Fsp3) is 0.286. The molecule has 1 unspecified atom stereocenters. The molecule has 1 aromatic carbocycles. The number of hydrazone groups is 1. The van der Waals surface area contributed by atoms with Crippen molar-refractivity contribution in [2.24, 2.45) is 9.50 Å². The van der Waals surface area contributed by atoms with E-state index < -0.39 is 34.7 Å². The molecule has 4 rings (SSSR count). The maximum atomic E-state index is 13.5. The second-order valence-electron chi connectivity index (χ2n) is 5.90. The van der Waals surface area contributed by atoms with Crippen LogP contribution < -0.4 is 5.43 Å². The number of hydrogen-bond acceptors (Lipinski definition) is 6. The van der Waals surface area contributed by atoms with Gasteiger partial charge < -0.3 is 4.52 Å². The number of halogens is 3. The highest BCUT2D eigenvalue weighted by Crippen LogP contribution is 2.77. The quantitative estimate of drug-likeness (QED) is 0.721. The molecular formula is C14H10BrF2N5O3S2. The van der Waals surface area contributed by atoms with Gasteiger partial charge in [0.05, 0.1) is 17.2 Å². The van der Waals surface area contributed by atoms with Crippen molar-refractivity contribution < 1.29 is 21.7 Å². The fourth-order valence-corrected chi connectivity index (χ4v) is 9.21. The van der Waals surface area contributed by atoms with E-state index in [4.69, 9.17) is 4.52 Å². The van der Waals surface area contributed by atoms with Gasteiger partial charge in [-0.2, -0.15) is 18.8 Å². The Morgan fingerprint density at radius 3 is 2.81 bits per heavy atom. The number of sulfonamides is 1. The maximum Gasteiger partial charge on any atom is 0.287 e. The van der Waals surface area contributed by atoms with Crippen LogP contribution in [0.1, 0.15) is 12.8 Å². The summed E-state index contributed by atoms with van der Waals surface area (Å²) in [7, 11) is -7.15. The number of benzene rings is 1. The number of rotatable bonds is 4. The lowest BCUT2D eigenvalue weighted by atomic mass is 10.3. The lowest BCUT2D eigenvalue weighted by Crippen LogP contribution is -2.30. The van der Waals surface area contributed by atoms with Gasteiger partial charge >= 0.3 is 0 Å². The molecule has 142 valence electrons. The van der Waals surface area contributed by atoms with Crippen LogP contribution >= 0.6 is 23.3 Å². The van der Waals surface area contributed by atoms with Gasteiger partial charge in [-0.1, -0.05) is 13.6 Å². The number of fused-ring (bicyclic) bond motifs is 1. The monoisotopic (exact) mass is 477 g/mol. The first-order valence-electron chi connectivity index (χ1n) is 7.48. The van der Waals surface area contributed by atoms with Gasteiger partial charge in [-0.15, -0.1) is 4.40 Å². The molecule has 2 aromatic rings. The standard InChI is InChI=1S/C14H10BrF2N5O3S2/c15-26(14(7-18)3-4-14)12(11(16)17)20-21-13(26)22-27(23,24)9-1-2-10-8(5-9)6-19-25-10/h1-2,5-6,11H,3-4H2,(H,21,22). The second-order valence-corrected chi connectivity index (χ2v) is 13.1. The Morgan fingerprint density at radius 1 is 1.44 bits per heavy atom. The molecule has 1 aliphatic heterocycles. The van der Waals surface area contributed by atoms with Crippen molar-refractivity contribution in [3.63, 3.8) is 0 Å². The minimum absolute atomic E-state index is 0.158. The molecule has 0 bridgehead atoms. The maximum absolute atomic E-state index is 13.5. The van der Waals surface area contributed by atoms with E-state index in [1.54, 1.807) is 0 Å². The number of nitrogens with one attached hydrogen (secondary N) is 1. The van der Waals surface area contributed by atoms with Crippen molar-refractivity contribution >= 4 is 54.5 Å². The summed E-state index contributed by atoms with van der Waals surface area (Å²) in [4.78, 5) is -0.158. The van der Waals surface area contributed by atoms with Crippen LogP contribution in [0.4, 0.5) is 8.78 Å². The summed E-state index contributed by atoms with van der Waals surface area (Å²) in [6, 6.07) is 6.05. The normalized spacial score (nSPS) is 27.8. The highest BCUT2D eigenvalue weighted by Gasteiger charge is 2.65. The van der Waals surface area contributed by atoms with E-state index in [1.807, 2.05) is 6.07 Å². The summed E-state index contributed by atoms with van der Waals surface area (Å²) >= 11 is 3.25. The number of nitrogens with zero attached hydrogens (tertiary/aromatic N) is 4. The van der Waals surface area contributed by atoms with Crippen LogP contribution in [0.2, 0.25) is 0 Å². The van der Waals surface area contributed by atoms with Gasteiger partial charge in [0.2, 0.25) is 0 Å². The van der Waals surface area contributed by atoms with Gasteiger partial charge in [-0.25, -0.2) is 8.78 Å². The molecule has 1 atom stereocenters. The van der Waals surface area contributed by atoms with Gasteiger partial charge in [0.25, 0.3) is 16.4 Å². The van der Waals surface area contributed by atoms with Gasteiger partial charge in [0.15, 0.2) is 15.8 Å². The minimum atomic E-state index is -4.25. The number of alkyl halides is 2. The molecule has 27 heavy (non-hydrogen) atoms. The van der Waals surface area contributed by atoms with E-state index in [0.717, 1.165) is 0 Å². The highest BCUT2D eigenvalue weighted by molar-refractivity contribution is 9.63. The molecule has 1 aromatic heterocycles. The van der Waals surface area contributed by atoms with Crippen molar-refractivity contribution in [3.05, 3.63) is 24.4 Å². The predicted octanol–water partition coefficient (Wildman–Crippen LogP) is 3.22. The van der Waals surface area contributed by atoms with Crippen molar-refractivity contribution in [1.29, 1.82) is 5.26 Å². The van der Waals surface area contributed by atoms with Crippen molar-refractivity contribution in [1.82, 2.24) is 10.6 Å². The lowest BCUT2D eigenvalue weighted by Gasteiger charge is -2.33. The first kappa shape index (κ1) is 18.3. The third kappa shape index (κ3) is 2.66. The topological polar surface area (TPSA) is 121 Å². The van der Waals surface area contributed by atoms with Crippen molar-refractivity contribution in [2.75, 3.05) is 0 Å². The van der Waals surface area contributed by atoms with E-state index >= 15 is 0 Å². The Morgan fingerprint density at radius 2 is 2.19 bits per heavy atom. The van der Waals surface area contributed by atoms with E-state index in [9.17, 15) is 22.5 Å². The Hall–Kier alpha value is -2.04. The Bertz CT molecular complexity index is 1150. The van der Waals surface area contributed by atoms with E-state index in [-0.39, 0.29) is 10.1 Å². The zero-order chi connectivity index (χ0) is 19.4. The summed E-state index contributed by atoms with van der Waals surface area (Å²) in [5.74, 6) is 0.